The van der Waals surface area contributed by atoms with Gasteiger partial charge in [-0.25, -0.2) is 17.8 Å². The lowest BCUT2D eigenvalue weighted by atomic mass is 9.97. The van der Waals surface area contributed by atoms with Crippen molar-refractivity contribution in [2.45, 2.75) is 6.92 Å². The molecular weight excluding hydrogens is 599 g/mol. The van der Waals surface area contributed by atoms with E-state index in [0.717, 1.165) is 10.6 Å². The first-order chi connectivity index (χ1) is 21.4. The number of furan rings is 1. The highest BCUT2D eigenvalue weighted by Gasteiger charge is 2.26. The summed E-state index contributed by atoms with van der Waals surface area (Å²) in [4.78, 5) is 29.3. The number of anilines is 2. The average Bonchev–Trinajstić information content (AvgIpc) is 3.60. The molecule has 0 radical (unpaired) electrons. The molecule has 2 heterocycles. The zero-order valence-electron chi connectivity index (χ0n) is 24.6. The predicted octanol–water partition coefficient (Wildman–Crippen LogP) is 6.43. The second-order valence-electron chi connectivity index (χ2n) is 10.5. The second kappa shape index (κ2) is 11.2. The van der Waals surface area contributed by atoms with Crippen molar-refractivity contribution in [2.75, 3.05) is 30.0 Å². The minimum atomic E-state index is -3.72. The Hall–Kier alpha value is -5.49. The number of sulfonamides is 1. The van der Waals surface area contributed by atoms with Crippen LogP contribution in [0.1, 0.15) is 17.3 Å². The van der Waals surface area contributed by atoms with Gasteiger partial charge in [0, 0.05) is 60.9 Å². The van der Waals surface area contributed by atoms with Crippen LogP contribution in [-0.4, -0.2) is 45.6 Å². The summed E-state index contributed by atoms with van der Waals surface area (Å²) in [7, 11) is -0.796. The van der Waals surface area contributed by atoms with Gasteiger partial charge in [0.05, 0.1) is 17.5 Å². The van der Waals surface area contributed by atoms with Crippen LogP contribution in [0.15, 0.2) is 87.7 Å². The second-order valence-corrected chi connectivity index (χ2v) is 12.5. The summed E-state index contributed by atoms with van der Waals surface area (Å²) in [6, 6.07) is 21.2. The first-order valence-corrected chi connectivity index (χ1v) is 15.6. The van der Waals surface area contributed by atoms with E-state index in [1.807, 2.05) is 12.1 Å². The molecule has 2 N–H and O–H groups in total. The maximum Gasteiger partial charge on any atom is 0.255 e. The molecule has 12 heteroatoms. The monoisotopic (exact) mass is 626 g/mol. The molecule has 6 aromatic rings. The minimum absolute atomic E-state index is 0.212. The number of nitrogens with zero attached hydrogens (tertiary/aromatic N) is 2. The molecule has 228 valence electrons. The van der Waals surface area contributed by atoms with E-state index in [0.29, 0.717) is 56.0 Å². The first-order valence-electron chi connectivity index (χ1n) is 13.7. The van der Waals surface area contributed by atoms with E-state index >= 15 is 0 Å². The highest BCUT2D eigenvalue weighted by atomic mass is 32.2. The highest BCUT2D eigenvalue weighted by Crippen LogP contribution is 2.42. The van der Waals surface area contributed by atoms with Crippen LogP contribution in [0, 0.1) is 5.82 Å². The fourth-order valence-electron chi connectivity index (χ4n) is 5.11. The van der Waals surface area contributed by atoms with Crippen molar-refractivity contribution >= 4 is 55.3 Å². The Labute approximate surface area is 257 Å². The smallest absolute Gasteiger partial charge is 0.255 e. The van der Waals surface area contributed by atoms with E-state index in [1.54, 1.807) is 42.5 Å². The van der Waals surface area contributed by atoms with Gasteiger partial charge in [-0.1, -0.05) is 12.1 Å². The molecule has 10 nitrogen and oxygen atoms in total. The van der Waals surface area contributed by atoms with Gasteiger partial charge >= 0.3 is 0 Å². The summed E-state index contributed by atoms with van der Waals surface area (Å²) in [6.07, 6.45) is 1.09. The Morgan fingerprint density at radius 1 is 0.889 bits per heavy atom. The van der Waals surface area contributed by atoms with Crippen molar-refractivity contribution in [3.8, 4) is 33.9 Å². The molecule has 0 aliphatic rings. The molecule has 4 aromatic carbocycles. The van der Waals surface area contributed by atoms with E-state index in [2.05, 4.69) is 15.6 Å². The van der Waals surface area contributed by atoms with E-state index in [1.165, 1.54) is 45.3 Å². The molecule has 45 heavy (non-hydrogen) atoms. The largest absolute Gasteiger partial charge is 0.455 e. The molecule has 0 spiro atoms. The zero-order chi connectivity index (χ0) is 32.0. The van der Waals surface area contributed by atoms with Gasteiger partial charge in [0.25, 0.3) is 5.91 Å². The van der Waals surface area contributed by atoms with E-state index < -0.39 is 21.7 Å². The predicted molar refractivity (Wildman–Crippen MR) is 171 cm³/mol. The van der Waals surface area contributed by atoms with Gasteiger partial charge in [-0.15, -0.1) is 0 Å². The number of hydrogen-bond acceptors (Lipinski definition) is 7. The standard InChI is InChI=1S/C33H27FN4O6S/c1-18(39)36-23-12-13-26-29(15-23)44-33(37-26)21-7-5-6-20(14-21)24-16-25-28(17-27(24)38(3)45(4,41)42)43-31(30(25)32(40)35-2)19-8-10-22(34)11-9-19/h5-17H,1-4H3,(H,35,40)(H,36,39). The van der Waals surface area contributed by atoms with E-state index in [4.69, 9.17) is 8.83 Å². The molecule has 0 fully saturated rings. The van der Waals surface area contributed by atoms with Crippen molar-refractivity contribution in [1.82, 2.24) is 10.3 Å². The molecule has 2 aromatic heterocycles. The van der Waals surface area contributed by atoms with E-state index in [-0.39, 0.29) is 22.8 Å². The van der Waals surface area contributed by atoms with Crippen LogP contribution < -0.4 is 14.9 Å². The molecule has 0 aliphatic carbocycles. The Morgan fingerprint density at radius 2 is 1.62 bits per heavy atom. The Kier molecular flexibility index (Phi) is 7.37. The first kappa shape index (κ1) is 29.6. The molecule has 2 amide bonds. The Balaban J connectivity index is 1.55. The van der Waals surface area contributed by atoms with Crippen LogP contribution in [0.3, 0.4) is 0 Å². The SMILES string of the molecule is CNC(=O)c1c(-c2ccc(F)cc2)oc2cc(N(C)S(C)(=O)=O)c(-c3cccc(-c4nc5ccc(NC(C)=O)cc5o4)c3)cc12. The van der Waals surface area contributed by atoms with Crippen LogP contribution in [-0.2, 0) is 14.8 Å². The van der Waals surface area contributed by atoms with Gasteiger partial charge < -0.3 is 19.5 Å². The van der Waals surface area contributed by atoms with Crippen LogP contribution in [0.25, 0.3) is 56.0 Å². The highest BCUT2D eigenvalue weighted by molar-refractivity contribution is 7.92. The molecule has 0 saturated heterocycles. The zero-order valence-corrected chi connectivity index (χ0v) is 25.5. The Morgan fingerprint density at radius 3 is 2.31 bits per heavy atom. The third kappa shape index (κ3) is 5.63. The summed E-state index contributed by atoms with van der Waals surface area (Å²) < 4.78 is 52.5. The van der Waals surface area contributed by atoms with Crippen LogP contribution in [0.2, 0.25) is 0 Å². The third-order valence-electron chi connectivity index (χ3n) is 7.33. The Bertz CT molecular complexity index is 2240. The van der Waals surface area contributed by atoms with Crippen molar-refractivity contribution in [3.63, 3.8) is 0 Å². The summed E-state index contributed by atoms with van der Waals surface area (Å²) in [5.74, 6) is -0.549. The summed E-state index contributed by atoms with van der Waals surface area (Å²) in [6.45, 7) is 1.42. The number of rotatable bonds is 7. The lowest BCUT2D eigenvalue weighted by Crippen LogP contribution is -2.25. The van der Waals surface area contributed by atoms with Gasteiger partial charge in [0.15, 0.2) is 5.58 Å². The molecule has 0 atom stereocenters. The fourth-order valence-corrected chi connectivity index (χ4v) is 5.61. The maximum absolute atomic E-state index is 13.7. The number of fused-ring (bicyclic) bond motifs is 2. The molecular formula is C33H27FN4O6S. The minimum Gasteiger partial charge on any atom is -0.455 e. The number of benzene rings is 4. The normalized spacial score (nSPS) is 11.6. The van der Waals surface area contributed by atoms with Gasteiger partial charge in [0.2, 0.25) is 21.8 Å². The van der Waals surface area contributed by atoms with Crippen molar-refractivity contribution < 1.29 is 31.2 Å². The lowest BCUT2D eigenvalue weighted by Gasteiger charge is -2.21. The van der Waals surface area contributed by atoms with Crippen LogP contribution >= 0.6 is 0 Å². The maximum atomic E-state index is 13.7. The number of carbonyl (C=O) groups is 2. The number of aromatic nitrogens is 1. The molecule has 0 bridgehead atoms. The van der Waals surface area contributed by atoms with Gasteiger partial charge in [-0.3, -0.25) is 13.9 Å². The van der Waals surface area contributed by atoms with Crippen molar-refractivity contribution in [3.05, 3.63) is 90.2 Å². The quantitative estimate of drug-likeness (QED) is 0.209. The summed E-state index contributed by atoms with van der Waals surface area (Å²) in [5, 5.41) is 5.79. The van der Waals surface area contributed by atoms with Gasteiger partial charge in [-0.05, 0) is 60.2 Å². The number of hydrogen-bond donors (Lipinski definition) is 2. The lowest BCUT2D eigenvalue weighted by molar-refractivity contribution is -0.114. The fraction of sp³-hybridized carbons (Fsp3) is 0.121. The van der Waals surface area contributed by atoms with Gasteiger partial charge in [-0.2, -0.15) is 0 Å². The van der Waals surface area contributed by atoms with Crippen molar-refractivity contribution in [1.29, 1.82) is 0 Å². The molecule has 6 rings (SSSR count). The molecule has 0 unspecified atom stereocenters. The molecule has 0 saturated carbocycles. The molecule has 0 aliphatic heterocycles. The number of carbonyl (C=O) groups excluding carboxylic acids is 2. The van der Waals surface area contributed by atoms with E-state index in [9.17, 15) is 22.4 Å². The topological polar surface area (TPSA) is 135 Å². The van der Waals surface area contributed by atoms with Crippen molar-refractivity contribution in [2.24, 2.45) is 0 Å². The number of amides is 2. The van der Waals surface area contributed by atoms with Crippen LogP contribution in [0.5, 0.6) is 0 Å². The van der Waals surface area contributed by atoms with Crippen LogP contribution in [0.4, 0.5) is 15.8 Å². The number of oxazole rings is 1. The number of nitrogens with one attached hydrogen (secondary N) is 2. The number of halogens is 1. The van der Waals surface area contributed by atoms with Gasteiger partial charge in [0.1, 0.15) is 22.7 Å². The average molecular weight is 627 g/mol. The third-order valence-corrected chi connectivity index (χ3v) is 8.52. The summed E-state index contributed by atoms with van der Waals surface area (Å²) >= 11 is 0. The summed E-state index contributed by atoms with van der Waals surface area (Å²) in [5.41, 5.74) is 4.64.